The van der Waals surface area contributed by atoms with Crippen LogP contribution >= 0.6 is 11.8 Å². The summed E-state index contributed by atoms with van der Waals surface area (Å²) in [6.45, 7) is 1.81. The molecule has 3 N–H and O–H groups in total. The molecule has 4 nitrogen and oxygen atoms in total. The van der Waals surface area contributed by atoms with Crippen molar-refractivity contribution in [2.75, 3.05) is 23.9 Å². The maximum atomic E-state index is 13.1. The highest BCUT2D eigenvalue weighted by molar-refractivity contribution is 7.98. The SMILES string of the molecule is CSC[C@@H](CCO)NC(=O)Nc1cc(F)ccc1C. The van der Waals surface area contributed by atoms with Crippen molar-refractivity contribution in [1.82, 2.24) is 5.32 Å². The van der Waals surface area contributed by atoms with Crippen LogP contribution in [0.1, 0.15) is 12.0 Å². The summed E-state index contributed by atoms with van der Waals surface area (Å²) in [4.78, 5) is 11.8. The molecule has 1 aromatic rings. The van der Waals surface area contributed by atoms with Crippen LogP contribution in [-0.2, 0) is 0 Å². The largest absolute Gasteiger partial charge is 0.396 e. The van der Waals surface area contributed by atoms with E-state index >= 15 is 0 Å². The number of urea groups is 1. The lowest BCUT2D eigenvalue weighted by molar-refractivity contribution is 0.241. The van der Waals surface area contributed by atoms with Gasteiger partial charge in [0.25, 0.3) is 0 Å². The van der Waals surface area contributed by atoms with Crippen molar-refractivity contribution < 1.29 is 14.3 Å². The molecule has 1 rings (SSSR count). The fourth-order valence-corrected chi connectivity index (χ4v) is 2.28. The van der Waals surface area contributed by atoms with E-state index in [1.807, 2.05) is 6.26 Å². The van der Waals surface area contributed by atoms with E-state index in [4.69, 9.17) is 5.11 Å². The molecule has 0 spiro atoms. The zero-order valence-electron chi connectivity index (χ0n) is 11.1. The number of amides is 2. The summed E-state index contributed by atoms with van der Waals surface area (Å²) in [7, 11) is 0. The van der Waals surface area contributed by atoms with Gasteiger partial charge in [-0.3, -0.25) is 0 Å². The molecule has 19 heavy (non-hydrogen) atoms. The molecule has 0 saturated heterocycles. The maximum Gasteiger partial charge on any atom is 0.319 e. The quantitative estimate of drug-likeness (QED) is 0.752. The van der Waals surface area contributed by atoms with Gasteiger partial charge in [-0.1, -0.05) is 6.07 Å². The van der Waals surface area contributed by atoms with Crippen LogP contribution < -0.4 is 10.6 Å². The summed E-state index contributed by atoms with van der Waals surface area (Å²) in [6, 6.07) is 3.75. The molecule has 0 radical (unpaired) electrons. The Morgan fingerprint density at radius 2 is 2.26 bits per heavy atom. The number of hydrogen-bond donors (Lipinski definition) is 3. The highest BCUT2D eigenvalue weighted by Gasteiger charge is 2.12. The van der Waals surface area contributed by atoms with Crippen LogP contribution in [0.5, 0.6) is 0 Å². The number of nitrogens with one attached hydrogen (secondary N) is 2. The Morgan fingerprint density at radius 3 is 2.89 bits per heavy atom. The zero-order valence-corrected chi connectivity index (χ0v) is 11.9. The van der Waals surface area contributed by atoms with Gasteiger partial charge in [-0.25, -0.2) is 9.18 Å². The van der Waals surface area contributed by atoms with Gasteiger partial charge in [-0.15, -0.1) is 0 Å². The summed E-state index contributed by atoms with van der Waals surface area (Å²) in [5, 5.41) is 14.3. The first-order chi connectivity index (χ1) is 9.06. The molecule has 0 heterocycles. The van der Waals surface area contributed by atoms with Crippen LogP contribution in [0.4, 0.5) is 14.9 Å². The predicted octanol–water partition coefficient (Wildman–Crippen LogP) is 2.37. The molecule has 106 valence electrons. The second kappa shape index (κ2) is 8.01. The van der Waals surface area contributed by atoms with Gasteiger partial charge in [0.15, 0.2) is 0 Å². The van der Waals surface area contributed by atoms with Crippen molar-refractivity contribution in [2.24, 2.45) is 0 Å². The van der Waals surface area contributed by atoms with E-state index < -0.39 is 5.82 Å². The fourth-order valence-electron chi connectivity index (χ4n) is 1.63. The van der Waals surface area contributed by atoms with Crippen molar-refractivity contribution in [3.8, 4) is 0 Å². The monoisotopic (exact) mass is 286 g/mol. The first kappa shape index (κ1) is 15.8. The van der Waals surface area contributed by atoms with E-state index in [1.165, 1.54) is 12.1 Å². The van der Waals surface area contributed by atoms with Crippen molar-refractivity contribution in [3.63, 3.8) is 0 Å². The Balaban J connectivity index is 2.60. The third-order valence-electron chi connectivity index (χ3n) is 2.63. The van der Waals surface area contributed by atoms with E-state index in [-0.39, 0.29) is 18.7 Å². The van der Waals surface area contributed by atoms with Gasteiger partial charge in [0.1, 0.15) is 5.82 Å². The lowest BCUT2D eigenvalue weighted by atomic mass is 10.2. The zero-order chi connectivity index (χ0) is 14.3. The van der Waals surface area contributed by atoms with Gasteiger partial charge >= 0.3 is 6.03 Å². The third kappa shape index (κ3) is 5.48. The Kier molecular flexibility index (Phi) is 6.66. The molecule has 1 atom stereocenters. The summed E-state index contributed by atoms with van der Waals surface area (Å²) in [5.41, 5.74) is 1.24. The molecule has 0 saturated carbocycles. The van der Waals surface area contributed by atoms with Gasteiger partial charge in [0.2, 0.25) is 0 Å². The number of aliphatic hydroxyl groups excluding tert-OH is 1. The van der Waals surface area contributed by atoms with Crippen molar-refractivity contribution in [3.05, 3.63) is 29.6 Å². The average molecular weight is 286 g/mol. The van der Waals surface area contributed by atoms with Crippen LogP contribution in [-0.4, -0.2) is 35.8 Å². The highest BCUT2D eigenvalue weighted by atomic mass is 32.2. The van der Waals surface area contributed by atoms with Crippen molar-refractivity contribution in [1.29, 1.82) is 0 Å². The first-order valence-electron chi connectivity index (χ1n) is 6.00. The Bertz CT molecular complexity index is 423. The fraction of sp³-hybridized carbons (Fsp3) is 0.462. The molecule has 0 aliphatic carbocycles. The number of aliphatic hydroxyl groups is 1. The molecule has 1 aromatic carbocycles. The molecular weight excluding hydrogens is 267 g/mol. The molecule has 0 aromatic heterocycles. The summed E-state index contributed by atoms with van der Waals surface area (Å²) in [6.07, 6.45) is 2.43. The predicted molar refractivity (Wildman–Crippen MR) is 77.2 cm³/mol. The smallest absolute Gasteiger partial charge is 0.319 e. The maximum absolute atomic E-state index is 13.1. The van der Waals surface area contributed by atoms with Gasteiger partial charge in [0, 0.05) is 24.1 Å². The van der Waals surface area contributed by atoms with Crippen molar-refractivity contribution >= 4 is 23.5 Å². The number of rotatable bonds is 6. The van der Waals surface area contributed by atoms with E-state index in [2.05, 4.69) is 10.6 Å². The number of hydrogen-bond acceptors (Lipinski definition) is 3. The van der Waals surface area contributed by atoms with Gasteiger partial charge < -0.3 is 15.7 Å². The molecule has 0 aliphatic rings. The number of anilines is 1. The number of halogens is 1. The Hall–Kier alpha value is -1.27. The minimum atomic E-state index is -0.392. The Morgan fingerprint density at radius 1 is 1.53 bits per heavy atom. The lowest BCUT2D eigenvalue weighted by Gasteiger charge is -2.17. The standard InChI is InChI=1S/C13H19FN2O2S/c1-9-3-4-10(14)7-12(9)16-13(18)15-11(5-6-17)8-19-2/h3-4,7,11,17H,5-6,8H2,1-2H3,(H2,15,16,18)/t11-/m1/s1. The molecule has 0 unspecified atom stereocenters. The minimum absolute atomic E-state index is 0.0184. The van der Waals surface area contributed by atoms with Gasteiger partial charge in [-0.05, 0) is 37.3 Å². The molecule has 0 bridgehead atoms. The van der Waals surface area contributed by atoms with E-state index in [9.17, 15) is 9.18 Å². The number of benzene rings is 1. The molecule has 2 amide bonds. The number of carbonyl (C=O) groups excluding carboxylic acids is 1. The third-order valence-corrected chi connectivity index (χ3v) is 3.36. The van der Waals surface area contributed by atoms with Crippen LogP contribution in [0.2, 0.25) is 0 Å². The average Bonchev–Trinajstić information content (AvgIpc) is 2.34. The summed E-state index contributed by atoms with van der Waals surface area (Å²) in [5.74, 6) is 0.327. The van der Waals surface area contributed by atoms with Crippen LogP contribution in [0.25, 0.3) is 0 Å². The van der Waals surface area contributed by atoms with Crippen LogP contribution in [0.15, 0.2) is 18.2 Å². The van der Waals surface area contributed by atoms with E-state index in [0.717, 1.165) is 11.3 Å². The number of thioether (sulfide) groups is 1. The molecule has 0 fully saturated rings. The molecular formula is C13H19FN2O2S. The number of aryl methyl sites for hydroxylation is 1. The Labute approximate surface area is 116 Å². The second-order valence-electron chi connectivity index (χ2n) is 4.22. The summed E-state index contributed by atoms with van der Waals surface area (Å²) < 4.78 is 13.1. The normalized spacial score (nSPS) is 12.0. The highest BCUT2D eigenvalue weighted by Crippen LogP contribution is 2.15. The number of carbonyl (C=O) groups is 1. The topological polar surface area (TPSA) is 61.4 Å². The van der Waals surface area contributed by atoms with Crippen LogP contribution in [0.3, 0.4) is 0 Å². The molecule has 0 aliphatic heterocycles. The van der Waals surface area contributed by atoms with Crippen LogP contribution in [0, 0.1) is 12.7 Å². The second-order valence-corrected chi connectivity index (χ2v) is 5.13. The van der Waals surface area contributed by atoms with E-state index in [1.54, 1.807) is 24.8 Å². The lowest BCUT2D eigenvalue weighted by Crippen LogP contribution is -2.40. The van der Waals surface area contributed by atoms with E-state index in [0.29, 0.717) is 12.1 Å². The first-order valence-corrected chi connectivity index (χ1v) is 7.39. The van der Waals surface area contributed by atoms with Crippen molar-refractivity contribution in [2.45, 2.75) is 19.4 Å². The summed E-state index contributed by atoms with van der Waals surface area (Å²) >= 11 is 1.59. The molecule has 6 heteroatoms. The van der Waals surface area contributed by atoms with Gasteiger partial charge in [-0.2, -0.15) is 11.8 Å². The minimum Gasteiger partial charge on any atom is -0.396 e. The van der Waals surface area contributed by atoms with Gasteiger partial charge in [0.05, 0.1) is 0 Å².